The number of piperazine rings is 1. The van der Waals surface area contributed by atoms with Crippen LogP contribution in [0.15, 0.2) is 30.3 Å². The maximum Gasteiger partial charge on any atom is 0.223 e. The Hall–Kier alpha value is -3.22. The standard InChI is InChI=1S/C25H32N6O/c1-17-7-5-8-21-18(2)15-22(29-24(17)21)30-11-13-31(14-12-30)23(32)9-6-10-26-25-27-19(3)16-20(4)28-25/h5,7-8,15-16H,6,9-14H2,1-4H3,(H,26,27,28). The van der Waals surface area contributed by atoms with Gasteiger partial charge in [0.2, 0.25) is 11.9 Å². The van der Waals surface area contributed by atoms with E-state index in [9.17, 15) is 4.79 Å². The van der Waals surface area contributed by atoms with Crippen LogP contribution in [0.4, 0.5) is 11.8 Å². The fourth-order valence-electron chi connectivity index (χ4n) is 4.29. The summed E-state index contributed by atoms with van der Waals surface area (Å²) in [6.45, 7) is 11.9. The molecule has 1 aliphatic heterocycles. The highest BCUT2D eigenvalue weighted by Gasteiger charge is 2.22. The third kappa shape index (κ3) is 4.98. The Morgan fingerprint density at radius 2 is 1.66 bits per heavy atom. The van der Waals surface area contributed by atoms with Gasteiger partial charge in [-0.25, -0.2) is 15.0 Å². The lowest BCUT2D eigenvalue weighted by atomic mass is 10.1. The van der Waals surface area contributed by atoms with Crippen LogP contribution in [0.25, 0.3) is 10.9 Å². The fourth-order valence-corrected chi connectivity index (χ4v) is 4.29. The van der Waals surface area contributed by atoms with Gasteiger partial charge in [-0.3, -0.25) is 4.79 Å². The predicted molar refractivity (Wildman–Crippen MR) is 129 cm³/mol. The molecule has 32 heavy (non-hydrogen) atoms. The molecule has 2 aromatic heterocycles. The van der Waals surface area contributed by atoms with Gasteiger partial charge < -0.3 is 15.1 Å². The van der Waals surface area contributed by atoms with Gasteiger partial charge in [0.1, 0.15) is 5.82 Å². The van der Waals surface area contributed by atoms with Crippen LogP contribution in [0.3, 0.4) is 0 Å². The summed E-state index contributed by atoms with van der Waals surface area (Å²) in [4.78, 5) is 30.6. The van der Waals surface area contributed by atoms with Gasteiger partial charge >= 0.3 is 0 Å². The zero-order chi connectivity index (χ0) is 22.7. The summed E-state index contributed by atoms with van der Waals surface area (Å²) in [6, 6.07) is 10.4. The highest BCUT2D eigenvalue weighted by atomic mass is 16.2. The van der Waals surface area contributed by atoms with Crippen LogP contribution in [-0.4, -0.2) is 58.5 Å². The number of carbonyl (C=O) groups is 1. The van der Waals surface area contributed by atoms with Crippen molar-refractivity contribution in [2.75, 3.05) is 42.9 Å². The highest BCUT2D eigenvalue weighted by molar-refractivity contribution is 5.86. The van der Waals surface area contributed by atoms with E-state index in [0.29, 0.717) is 18.9 Å². The molecule has 1 aliphatic rings. The van der Waals surface area contributed by atoms with Gasteiger partial charge in [0.25, 0.3) is 0 Å². The monoisotopic (exact) mass is 432 g/mol. The van der Waals surface area contributed by atoms with E-state index in [1.54, 1.807) is 0 Å². The van der Waals surface area contributed by atoms with E-state index < -0.39 is 0 Å². The quantitative estimate of drug-likeness (QED) is 0.597. The minimum absolute atomic E-state index is 0.214. The number of nitrogens with zero attached hydrogens (tertiary/aromatic N) is 5. The molecule has 7 nitrogen and oxygen atoms in total. The Balaban J connectivity index is 1.27. The van der Waals surface area contributed by atoms with Gasteiger partial charge in [-0.05, 0) is 57.4 Å². The number of aromatic nitrogens is 3. The second-order valence-corrected chi connectivity index (χ2v) is 8.64. The van der Waals surface area contributed by atoms with E-state index in [1.807, 2.05) is 24.8 Å². The van der Waals surface area contributed by atoms with Gasteiger partial charge in [-0.15, -0.1) is 0 Å². The van der Waals surface area contributed by atoms with Crippen LogP contribution in [0, 0.1) is 27.7 Å². The number of rotatable bonds is 6. The smallest absolute Gasteiger partial charge is 0.223 e. The molecule has 3 heterocycles. The van der Waals surface area contributed by atoms with Crippen molar-refractivity contribution in [3.63, 3.8) is 0 Å². The molecule has 1 fully saturated rings. The lowest BCUT2D eigenvalue weighted by Gasteiger charge is -2.35. The molecular weight excluding hydrogens is 400 g/mol. The number of anilines is 2. The molecule has 1 aromatic carbocycles. The molecule has 7 heteroatoms. The van der Waals surface area contributed by atoms with Gasteiger partial charge in [0, 0.05) is 55.9 Å². The normalized spacial score (nSPS) is 14.1. The Labute approximate surface area is 189 Å². The summed E-state index contributed by atoms with van der Waals surface area (Å²) in [5.41, 5.74) is 5.40. The van der Waals surface area contributed by atoms with E-state index in [2.05, 4.69) is 58.3 Å². The van der Waals surface area contributed by atoms with Crippen LogP contribution in [0.5, 0.6) is 0 Å². The van der Waals surface area contributed by atoms with Crippen molar-refractivity contribution in [3.05, 3.63) is 52.8 Å². The summed E-state index contributed by atoms with van der Waals surface area (Å²) >= 11 is 0. The van der Waals surface area contributed by atoms with Crippen molar-refractivity contribution in [3.8, 4) is 0 Å². The van der Waals surface area contributed by atoms with Crippen molar-refractivity contribution >= 4 is 28.6 Å². The average Bonchev–Trinajstić information content (AvgIpc) is 2.77. The van der Waals surface area contributed by atoms with Gasteiger partial charge in [-0.1, -0.05) is 18.2 Å². The molecule has 0 radical (unpaired) electrons. The van der Waals surface area contributed by atoms with Crippen LogP contribution in [0.2, 0.25) is 0 Å². The molecule has 0 bridgehead atoms. The second kappa shape index (κ2) is 9.51. The molecule has 1 N–H and O–H groups in total. The SMILES string of the molecule is Cc1cc(C)nc(NCCCC(=O)N2CCN(c3cc(C)c4cccc(C)c4n3)CC2)n1. The maximum atomic E-state index is 12.7. The third-order valence-corrected chi connectivity index (χ3v) is 6.02. The Kier molecular flexibility index (Phi) is 6.53. The Morgan fingerprint density at radius 3 is 2.38 bits per heavy atom. The van der Waals surface area contributed by atoms with Crippen molar-refractivity contribution in [1.29, 1.82) is 0 Å². The van der Waals surface area contributed by atoms with Crippen molar-refractivity contribution in [1.82, 2.24) is 19.9 Å². The van der Waals surface area contributed by atoms with Crippen molar-refractivity contribution < 1.29 is 4.79 Å². The molecule has 1 saturated heterocycles. The zero-order valence-electron chi connectivity index (χ0n) is 19.5. The van der Waals surface area contributed by atoms with E-state index in [4.69, 9.17) is 4.98 Å². The third-order valence-electron chi connectivity index (χ3n) is 6.02. The van der Waals surface area contributed by atoms with Crippen molar-refractivity contribution in [2.45, 2.75) is 40.5 Å². The van der Waals surface area contributed by atoms with Gasteiger partial charge in [0.05, 0.1) is 5.52 Å². The van der Waals surface area contributed by atoms with Crippen LogP contribution in [-0.2, 0) is 4.79 Å². The van der Waals surface area contributed by atoms with E-state index in [1.165, 1.54) is 16.5 Å². The molecular formula is C25H32N6O. The number of amides is 1. The first-order valence-electron chi connectivity index (χ1n) is 11.4. The molecule has 1 amide bonds. The summed E-state index contributed by atoms with van der Waals surface area (Å²) in [7, 11) is 0. The number of hydrogen-bond acceptors (Lipinski definition) is 6. The molecule has 0 atom stereocenters. The average molecular weight is 433 g/mol. The number of nitrogens with one attached hydrogen (secondary N) is 1. The fraction of sp³-hybridized carbons (Fsp3) is 0.440. The Morgan fingerprint density at radius 1 is 0.938 bits per heavy atom. The number of hydrogen-bond donors (Lipinski definition) is 1. The van der Waals surface area contributed by atoms with Crippen LogP contribution >= 0.6 is 0 Å². The van der Waals surface area contributed by atoms with Crippen LogP contribution < -0.4 is 10.2 Å². The topological polar surface area (TPSA) is 74.2 Å². The minimum Gasteiger partial charge on any atom is -0.354 e. The lowest BCUT2D eigenvalue weighted by Crippen LogP contribution is -2.49. The Bertz CT molecular complexity index is 1100. The van der Waals surface area contributed by atoms with E-state index >= 15 is 0 Å². The number of aryl methyl sites for hydroxylation is 4. The first-order valence-corrected chi connectivity index (χ1v) is 11.4. The number of para-hydroxylation sites is 1. The lowest BCUT2D eigenvalue weighted by molar-refractivity contribution is -0.131. The summed E-state index contributed by atoms with van der Waals surface area (Å²) in [6.07, 6.45) is 1.30. The van der Waals surface area contributed by atoms with Crippen LogP contribution in [0.1, 0.15) is 35.4 Å². The molecule has 0 aliphatic carbocycles. The minimum atomic E-state index is 0.214. The first-order chi connectivity index (χ1) is 15.4. The first kappa shape index (κ1) is 22.0. The molecule has 4 rings (SSSR count). The zero-order valence-corrected chi connectivity index (χ0v) is 19.5. The van der Waals surface area contributed by atoms with Crippen molar-refractivity contribution in [2.24, 2.45) is 0 Å². The second-order valence-electron chi connectivity index (χ2n) is 8.64. The number of carbonyl (C=O) groups excluding carboxylic acids is 1. The molecule has 0 saturated carbocycles. The highest BCUT2D eigenvalue weighted by Crippen LogP contribution is 2.25. The molecule has 0 unspecified atom stereocenters. The predicted octanol–water partition coefficient (Wildman–Crippen LogP) is 3.80. The van der Waals surface area contributed by atoms with Gasteiger partial charge in [0.15, 0.2) is 0 Å². The number of pyridine rings is 1. The number of fused-ring (bicyclic) bond motifs is 1. The van der Waals surface area contributed by atoms with E-state index in [-0.39, 0.29) is 5.91 Å². The molecule has 0 spiro atoms. The molecule has 168 valence electrons. The van der Waals surface area contributed by atoms with Gasteiger partial charge in [-0.2, -0.15) is 0 Å². The maximum absolute atomic E-state index is 12.7. The summed E-state index contributed by atoms with van der Waals surface area (Å²) in [5.74, 6) is 1.86. The number of benzene rings is 1. The largest absolute Gasteiger partial charge is 0.354 e. The summed E-state index contributed by atoms with van der Waals surface area (Å²) < 4.78 is 0. The van der Waals surface area contributed by atoms with E-state index in [0.717, 1.165) is 55.3 Å². The molecule has 3 aromatic rings. The summed E-state index contributed by atoms with van der Waals surface area (Å²) in [5, 5.41) is 4.44.